The van der Waals surface area contributed by atoms with Gasteiger partial charge in [0.25, 0.3) is 6.29 Å². The zero-order chi connectivity index (χ0) is 90.2. The van der Waals surface area contributed by atoms with Gasteiger partial charge < -0.3 is 102 Å². The van der Waals surface area contributed by atoms with Gasteiger partial charge in [0.05, 0.1) is 84.9 Å². The average Bonchev–Trinajstić information content (AvgIpc) is 1.44. The zero-order valence-corrected chi connectivity index (χ0v) is 76.7. The van der Waals surface area contributed by atoms with E-state index in [0.29, 0.717) is 45.4 Å². The van der Waals surface area contributed by atoms with Crippen molar-refractivity contribution in [3.63, 3.8) is 0 Å². The Hall–Kier alpha value is -6.78. The SMILES string of the molecule is CCCCC/C=C\C/C=C\CCCCCCCCC1(CCCCCCCC/C=C\C/C=C\CCCCC)OC[C@H](CN(CCCCCC(=O)NCCOCCOCCO[C@H](OC(C)COC(C)=O)C(NC(C)=O)C(OC(C)=O)OC(C)=O)CCCCCC(=O)NCCOCCOCCO[C@@H]2OC(COC(C)=O)[C@H](OC(C)=O)C(OC(C)=O)C2NC(C)=O)O1. The van der Waals surface area contributed by atoms with Crippen molar-refractivity contribution in [2.45, 2.75) is 362 Å². The summed E-state index contributed by atoms with van der Waals surface area (Å²) >= 11 is 0. The van der Waals surface area contributed by atoms with E-state index >= 15 is 0 Å². The molecular weight excluding hydrogens is 1590 g/mol. The molecule has 0 aromatic rings. The van der Waals surface area contributed by atoms with Gasteiger partial charge in [-0.1, -0.05) is 152 Å². The van der Waals surface area contributed by atoms with E-state index < -0.39 is 109 Å². The number of rotatable bonds is 78. The molecule has 4 amide bonds. The highest BCUT2D eigenvalue weighted by Crippen LogP contribution is 2.36. The lowest BCUT2D eigenvalue weighted by molar-refractivity contribution is -0.279. The van der Waals surface area contributed by atoms with E-state index in [1.807, 2.05) is 0 Å². The molecule has 2 aliphatic rings. The van der Waals surface area contributed by atoms with Crippen LogP contribution in [-0.2, 0) is 124 Å². The normalized spacial score (nSPS) is 17.8. The van der Waals surface area contributed by atoms with Gasteiger partial charge in [-0.25, -0.2) is 0 Å². The minimum atomic E-state index is -1.62. The number of unbranched alkanes of at least 4 members (excludes halogenated alkanes) is 22. The second-order valence-electron chi connectivity index (χ2n) is 31.6. The van der Waals surface area contributed by atoms with Gasteiger partial charge in [-0.2, -0.15) is 0 Å². The van der Waals surface area contributed by atoms with Crippen LogP contribution in [0.1, 0.15) is 294 Å². The van der Waals surface area contributed by atoms with Crippen molar-refractivity contribution in [2.75, 3.05) is 119 Å². The summed E-state index contributed by atoms with van der Waals surface area (Å²) in [5.41, 5.74) is 0. The molecule has 31 nitrogen and oxygen atoms in total. The van der Waals surface area contributed by atoms with E-state index in [1.54, 1.807) is 6.92 Å². The average molecular weight is 1750 g/mol. The summed E-state index contributed by atoms with van der Waals surface area (Å²) in [7, 11) is 0. The van der Waals surface area contributed by atoms with E-state index in [4.69, 9.17) is 75.8 Å². The molecule has 0 saturated carbocycles. The number of ether oxygens (including phenoxy) is 16. The van der Waals surface area contributed by atoms with Gasteiger partial charge >= 0.3 is 35.8 Å². The van der Waals surface area contributed by atoms with E-state index in [-0.39, 0.29) is 97.2 Å². The monoisotopic (exact) mass is 1750 g/mol. The van der Waals surface area contributed by atoms with E-state index in [1.165, 1.54) is 130 Å². The highest BCUT2D eigenvalue weighted by molar-refractivity contribution is 5.76. The number of nitrogens with one attached hydrogen (secondary N) is 4. The molecule has 2 heterocycles. The van der Waals surface area contributed by atoms with Crippen LogP contribution in [0.4, 0.5) is 0 Å². The lowest BCUT2D eigenvalue weighted by atomic mass is 9.96. The lowest BCUT2D eigenvalue weighted by Gasteiger charge is -2.44. The van der Waals surface area contributed by atoms with Gasteiger partial charge in [-0.3, -0.25) is 47.9 Å². The molecular formula is C92H159N5O26. The van der Waals surface area contributed by atoms with Crippen molar-refractivity contribution in [1.29, 1.82) is 0 Å². The van der Waals surface area contributed by atoms with Crippen molar-refractivity contribution in [1.82, 2.24) is 26.2 Å². The first kappa shape index (κ1) is 112. The Bertz CT molecular complexity index is 2890. The first-order valence-corrected chi connectivity index (χ1v) is 45.9. The third-order valence-electron chi connectivity index (χ3n) is 20.0. The van der Waals surface area contributed by atoms with Crippen molar-refractivity contribution in [3.05, 3.63) is 48.6 Å². The smallest absolute Gasteiger partial charge is 0.305 e. The molecule has 0 aliphatic carbocycles. The fraction of sp³-hybridized carbons (Fsp3) is 0.804. The quantitative estimate of drug-likeness (QED) is 0.0144. The van der Waals surface area contributed by atoms with Crippen LogP contribution in [-0.4, -0.2) is 250 Å². The lowest BCUT2D eigenvalue weighted by Crippen LogP contribution is -2.66. The van der Waals surface area contributed by atoms with Crippen LogP contribution < -0.4 is 21.3 Å². The highest BCUT2D eigenvalue weighted by Gasteiger charge is 2.51. The predicted octanol–water partition coefficient (Wildman–Crippen LogP) is 13.2. The molecule has 5 unspecified atom stereocenters. The molecule has 0 aromatic carbocycles. The van der Waals surface area contributed by atoms with Crippen LogP contribution in [0.15, 0.2) is 48.6 Å². The maximum absolute atomic E-state index is 13.0. The predicted molar refractivity (Wildman–Crippen MR) is 466 cm³/mol. The Morgan fingerprint density at radius 1 is 0.463 bits per heavy atom. The van der Waals surface area contributed by atoms with Gasteiger partial charge in [-0.05, 0) is 123 Å². The fourth-order valence-electron chi connectivity index (χ4n) is 14.0. The van der Waals surface area contributed by atoms with Crippen molar-refractivity contribution < 1.29 is 124 Å². The van der Waals surface area contributed by atoms with E-state index in [9.17, 15) is 47.9 Å². The van der Waals surface area contributed by atoms with Crippen LogP contribution in [0.5, 0.6) is 0 Å². The van der Waals surface area contributed by atoms with Gasteiger partial charge in [0, 0.05) is 101 Å². The number of hydrogen-bond donors (Lipinski definition) is 4. The second kappa shape index (κ2) is 74.3. The number of hydrogen-bond acceptors (Lipinski definition) is 27. The summed E-state index contributed by atoms with van der Waals surface area (Å²) < 4.78 is 92.3. The number of carbonyl (C=O) groups excluding carboxylic acids is 10. The molecule has 123 heavy (non-hydrogen) atoms. The fourth-order valence-corrected chi connectivity index (χ4v) is 14.0. The summed E-state index contributed by atoms with van der Waals surface area (Å²) in [4.78, 5) is 125. The molecule has 2 aliphatic heterocycles. The molecule has 0 spiro atoms. The van der Waals surface area contributed by atoms with Gasteiger partial charge in [0.2, 0.25) is 23.6 Å². The first-order chi connectivity index (χ1) is 59.4. The van der Waals surface area contributed by atoms with Gasteiger partial charge in [-0.15, -0.1) is 0 Å². The molecule has 9 atom stereocenters. The zero-order valence-electron chi connectivity index (χ0n) is 76.7. The summed E-state index contributed by atoms with van der Waals surface area (Å²) in [5.74, 6) is -5.99. The molecule has 4 N–H and O–H groups in total. The second-order valence-corrected chi connectivity index (χ2v) is 31.6. The van der Waals surface area contributed by atoms with Crippen molar-refractivity contribution in [2.24, 2.45) is 0 Å². The third-order valence-corrected chi connectivity index (χ3v) is 20.0. The Morgan fingerprint density at radius 2 is 0.911 bits per heavy atom. The Morgan fingerprint density at radius 3 is 1.37 bits per heavy atom. The van der Waals surface area contributed by atoms with E-state index in [2.05, 4.69) is 88.6 Å². The molecule has 2 rings (SSSR count). The number of esters is 6. The van der Waals surface area contributed by atoms with Crippen LogP contribution >= 0.6 is 0 Å². The summed E-state index contributed by atoms with van der Waals surface area (Å²) in [6, 6.07) is -2.43. The minimum Gasteiger partial charge on any atom is -0.463 e. The number of carbonyl (C=O) groups is 10. The molecule has 0 bridgehead atoms. The summed E-state index contributed by atoms with van der Waals surface area (Å²) in [6.45, 7) is 19.9. The number of amides is 4. The summed E-state index contributed by atoms with van der Waals surface area (Å²) in [6.07, 6.45) is 45.7. The van der Waals surface area contributed by atoms with Gasteiger partial charge in [0.15, 0.2) is 36.6 Å². The van der Waals surface area contributed by atoms with Crippen LogP contribution in [0.25, 0.3) is 0 Å². The molecule has 31 heteroatoms. The highest BCUT2D eigenvalue weighted by atomic mass is 16.8. The van der Waals surface area contributed by atoms with Crippen LogP contribution in [0.3, 0.4) is 0 Å². The third kappa shape index (κ3) is 62.1. The maximum atomic E-state index is 13.0. The number of nitrogens with zero attached hydrogens (tertiary/aromatic N) is 1. The largest absolute Gasteiger partial charge is 0.463 e. The topological polar surface area (TPSA) is 370 Å². The molecule has 2 fully saturated rings. The Labute approximate surface area is 735 Å². The molecule has 0 radical (unpaired) electrons. The van der Waals surface area contributed by atoms with Crippen LogP contribution in [0.2, 0.25) is 0 Å². The Kier molecular flexibility index (Phi) is 67.8. The van der Waals surface area contributed by atoms with Crippen LogP contribution in [0, 0.1) is 0 Å². The Balaban J connectivity index is 2.03. The standard InChI is InChI=1S/C92H159N5O26/c1-12-14-16-18-20-22-24-26-28-30-32-34-36-38-40-46-52-92(53-47-41-39-37-35-33-31-29-27-25-23-21-19-17-15-13-2)116-70-81(123-92)68-97(57-49-43-45-51-84(107)94-55-59-109-61-63-111-65-67-113-90(117-72(3)69-114-75(6)100)86(96-74(5)99)91(120-79(10)104)121-80(11)105)56-48-42-44-50-83(106)93-54-58-108-60-62-110-64-66-112-89-85(95-73(4)98)88(119-78(9)103)87(118-77(8)102)82(122-89)71-115-76(7)101/h20-23,26-29,72,81-82,85-91H,12-19,24-25,30-71H2,1-11H3,(H,93,106)(H,94,107)(H,95,98)(H,96,99)/b22-20-,23-21-,28-26-,29-27-/t72?,81-,82?,85?,86?,87-,88?,89+,90+/m0/s1. The number of allylic oxidation sites excluding steroid dienone is 8. The molecule has 0 aromatic heterocycles. The molecule has 2 saturated heterocycles. The van der Waals surface area contributed by atoms with Gasteiger partial charge in [0.1, 0.15) is 25.4 Å². The van der Waals surface area contributed by atoms with Crippen molar-refractivity contribution in [3.8, 4) is 0 Å². The van der Waals surface area contributed by atoms with Crippen molar-refractivity contribution >= 4 is 59.4 Å². The summed E-state index contributed by atoms with van der Waals surface area (Å²) in [5, 5.41) is 11.1. The minimum absolute atomic E-state index is 0.0303. The maximum Gasteiger partial charge on any atom is 0.305 e. The first-order valence-electron chi connectivity index (χ1n) is 45.9. The molecule has 708 valence electrons. The van der Waals surface area contributed by atoms with E-state index in [0.717, 1.165) is 137 Å².